The van der Waals surface area contributed by atoms with E-state index in [1.807, 2.05) is 6.07 Å². The van der Waals surface area contributed by atoms with Gasteiger partial charge >= 0.3 is 7.12 Å². The molecular formula is C29H26BNO2. The number of rotatable bonds is 2. The molecule has 3 nitrogen and oxygen atoms in total. The Labute approximate surface area is 194 Å². The average molecular weight is 431 g/mol. The Morgan fingerprint density at radius 3 is 1.91 bits per heavy atom. The smallest absolute Gasteiger partial charge is 0.399 e. The zero-order valence-corrected chi connectivity index (χ0v) is 19.4. The van der Waals surface area contributed by atoms with E-state index in [-0.39, 0.29) is 0 Å². The molecule has 33 heavy (non-hydrogen) atoms. The topological polar surface area (TPSA) is 31.4 Å². The van der Waals surface area contributed by atoms with Crippen molar-refractivity contribution in [1.29, 1.82) is 0 Å². The Kier molecular flexibility index (Phi) is 4.42. The van der Waals surface area contributed by atoms with Crippen LogP contribution in [-0.2, 0) is 9.31 Å². The fraction of sp³-hybridized carbons (Fsp3) is 0.207. The van der Waals surface area contributed by atoms with Gasteiger partial charge in [0.15, 0.2) is 0 Å². The zero-order chi connectivity index (χ0) is 22.8. The molecule has 1 saturated heterocycles. The molecule has 0 saturated carbocycles. The molecular weight excluding hydrogens is 405 g/mol. The van der Waals surface area contributed by atoms with Crippen molar-refractivity contribution in [2.45, 2.75) is 38.9 Å². The van der Waals surface area contributed by atoms with Gasteiger partial charge in [-0.3, -0.25) is 0 Å². The Bertz CT molecular complexity index is 1510. The second kappa shape index (κ2) is 7.15. The van der Waals surface area contributed by atoms with Gasteiger partial charge in [0.25, 0.3) is 0 Å². The number of benzene rings is 4. The highest BCUT2D eigenvalue weighted by atomic mass is 16.7. The van der Waals surface area contributed by atoms with Gasteiger partial charge < -0.3 is 9.31 Å². The van der Waals surface area contributed by atoms with Gasteiger partial charge in [-0.2, -0.15) is 0 Å². The van der Waals surface area contributed by atoms with E-state index in [1.54, 1.807) is 0 Å². The predicted molar refractivity (Wildman–Crippen MR) is 138 cm³/mol. The third-order valence-corrected chi connectivity index (χ3v) is 7.29. The van der Waals surface area contributed by atoms with Gasteiger partial charge in [0.1, 0.15) is 0 Å². The zero-order valence-electron chi connectivity index (χ0n) is 19.4. The maximum atomic E-state index is 6.50. The number of hydrogen-bond donors (Lipinski definition) is 0. The second-order valence-electron chi connectivity index (χ2n) is 9.87. The predicted octanol–water partition coefficient (Wildman–Crippen LogP) is 6.51. The number of hydrogen-bond acceptors (Lipinski definition) is 3. The summed E-state index contributed by atoms with van der Waals surface area (Å²) >= 11 is 0. The second-order valence-corrected chi connectivity index (χ2v) is 9.87. The van der Waals surface area contributed by atoms with Crippen molar-refractivity contribution < 1.29 is 9.31 Å². The fourth-order valence-corrected chi connectivity index (χ4v) is 4.82. The summed E-state index contributed by atoms with van der Waals surface area (Å²) < 4.78 is 13.0. The van der Waals surface area contributed by atoms with Crippen LogP contribution in [0.2, 0.25) is 0 Å². The molecule has 1 aromatic heterocycles. The molecule has 0 atom stereocenters. The molecule has 1 aliphatic heterocycles. The van der Waals surface area contributed by atoms with Crippen LogP contribution in [0.15, 0.2) is 84.9 Å². The van der Waals surface area contributed by atoms with Gasteiger partial charge in [-0.05, 0) is 50.0 Å². The maximum absolute atomic E-state index is 6.50. The Morgan fingerprint density at radius 2 is 1.21 bits per heavy atom. The Balaban J connectivity index is 1.75. The summed E-state index contributed by atoms with van der Waals surface area (Å²) in [6.07, 6.45) is 0. The first-order valence-corrected chi connectivity index (χ1v) is 11.5. The molecule has 1 aliphatic rings. The number of aromatic nitrogens is 1. The highest BCUT2D eigenvalue weighted by Crippen LogP contribution is 2.40. The third-order valence-electron chi connectivity index (χ3n) is 7.29. The van der Waals surface area contributed by atoms with Crippen LogP contribution in [-0.4, -0.2) is 23.3 Å². The monoisotopic (exact) mass is 431 g/mol. The number of fused-ring (bicyclic) bond motifs is 5. The van der Waals surface area contributed by atoms with Gasteiger partial charge in [-0.1, -0.05) is 78.9 Å². The molecule has 5 aromatic rings. The Hall–Kier alpha value is -3.21. The standard InChI is InChI=1S/C29H26BNO2/c1-28(2)29(3,4)33-30(32-28)24-18-23-26(21-15-9-8-14-20(21)24)22-16-10-11-17-25(22)31-27(23)19-12-6-5-7-13-19/h5-18H,1-4H3. The summed E-state index contributed by atoms with van der Waals surface area (Å²) in [5.41, 5.74) is 3.31. The van der Waals surface area contributed by atoms with E-state index < -0.39 is 18.3 Å². The molecule has 0 spiro atoms. The molecule has 0 radical (unpaired) electrons. The first kappa shape index (κ1) is 20.4. The molecule has 0 unspecified atom stereocenters. The molecule has 0 amide bonds. The third kappa shape index (κ3) is 3.09. The quantitative estimate of drug-likeness (QED) is 0.236. The average Bonchev–Trinajstić information content (AvgIpc) is 3.04. The summed E-state index contributed by atoms with van der Waals surface area (Å²) in [7, 11) is -0.445. The highest BCUT2D eigenvalue weighted by Gasteiger charge is 2.52. The van der Waals surface area contributed by atoms with E-state index >= 15 is 0 Å². The van der Waals surface area contributed by atoms with Crippen molar-refractivity contribution in [3.63, 3.8) is 0 Å². The van der Waals surface area contributed by atoms with Crippen LogP contribution in [0.25, 0.3) is 43.7 Å². The largest absolute Gasteiger partial charge is 0.495 e. The van der Waals surface area contributed by atoms with Gasteiger partial charge in [-0.15, -0.1) is 0 Å². The molecule has 4 heteroatoms. The lowest BCUT2D eigenvalue weighted by molar-refractivity contribution is 0.00578. The van der Waals surface area contributed by atoms with E-state index in [9.17, 15) is 0 Å². The minimum atomic E-state index is -0.445. The van der Waals surface area contributed by atoms with Gasteiger partial charge in [-0.25, -0.2) is 4.98 Å². The lowest BCUT2D eigenvalue weighted by atomic mass is 9.74. The first-order valence-electron chi connectivity index (χ1n) is 11.5. The molecule has 6 rings (SSSR count). The lowest BCUT2D eigenvalue weighted by Gasteiger charge is -2.32. The normalized spacial score (nSPS) is 17.3. The maximum Gasteiger partial charge on any atom is 0.495 e. The van der Waals surface area contributed by atoms with E-state index in [0.29, 0.717) is 0 Å². The fourth-order valence-electron chi connectivity index (χ4n) is 4.82. The van der Waals surface area contributed by atoms with Crippen LogP contribution in [0, 0.1) is 0 Å². The lowest BCUT2D eigenvalue weighted by Crippen LogP contribution is -2.41. The Morgan fingerprint density at radius 1 is 0.636 bits per heavy atom. The van der Waals surface area contributed by atoms with Crippen LogP contribution < -0.4 is 5.46 Å². The minimum absolute atomic E-state index is 0.405. The molecule has 1 fully saturated rings. The van der Waals surface area contributed by atoms with Gasteiger partial charge in [0.2, 0.25) is 0 Å². The highest BCUT2D eigenvalue weighted by molar-refractivity contribution is 6.66. The van der Waals surface area contributed by atoms with Crippen molar-refractivity contribution in [1.82, 2.24) is 4.98 Å². The summed E-state index contributed by atoms with van der Waals surface area (Å²) in [4.78, 5) is 5.12. The molecule has 0 aliphatic carbocycles. The molecule has 0 bridgehead atoms. The van der Waals surface area contributed by atoms with Crippen LogP contribution >= 0.6 is 0 Å². The van der Waals surface area contributed by atoms with Crippen LogP contribution in [0.1, 0.15) is 27.7 Å². The van der Waals surface area contributed by atoms with Crippen LogP contribution in [0.5, 0.6) is 0 Å². The number of pyridine rings is 1. The summed E-state index contributed by atoms with van der Waals surface area (Å²) in [5, 5.41) is 5.83. The van der Waals surface area contributed by atoms with Crippen molar-refractivity contribution in [2.24, 2.45) is 0 Å². The van der Waals surface area contributed by atoms with Crippen molar-refractivity contribution in [2.75, 3.05) is 0 Å². The number of para-hydroxylation sites is 1. The molecule has 162 valence electrons. The van der Waals surface area contributed by atoms with Crippen molar-refractivity contribution in [3.8, 4) is 11.3 Å². The van der Waals surface area contributed by atoms with E-state index in [4.69, 9.17) is 14.3 Å². The van der Waals surface area contributed by atoms with Gasteiger partial charge in [0, 0.05) is 21.7 Å². The number of nitrogens with zero attached hydrogens (tertiary/aromatic N) is 1. The van der Waals surface area contributed by atoms with E-state index in [2.05, 4.69) is 107 Å². The van der Waals surface area contributed by atoms with Crippen LogP contribution in [0.3, 0.4) is 0 Å². The van der Waals surface area contributed by atoms with Gasteiger partial charge in [0.05, 0.1) is 22.4 Å². The molecule has 4 aromatic carbocycles. The SMILES string of the molecule is CC1(C)OB(c2cc3c(-c4ccccc4)nc4ccccc4c3c3ccccc23)OC1(C)C. The van der Waals surface area contributed by atoms with Crippen LogP contribution in [0.4, 0.5) is 0 Å². The minimum Gasteiger partial charge on any atom is -0.399 e. The van der Waals surface area contributed by atoms with Crippen molar-refractivity contribution in [3.05, 3.63) is 84.9 Å². The summed E-state index contributed by atoms with van der Waals surface area (Å²) in [5.74, 6) is 0. The summed E-state index contributed by atoms with van der Waals surface area (Å²) in [6.45, 7) is 8.39. The summed E-state index contributed by atoms with van der Waals surface area (Å²) in [6, 6.07) is 29.6. The van der Waals surface area contributed by atoms with Crippen molar-refractivity contribution >= 4 is 45.0 Å². The molecule has 0 N–H and O–H groups in total. The first-order chi connectivity index (χ1) is 15.9. The molecule has 2 heterocycles. The van der Waals surface area contributed by atoms with E-state index in [1.165, 1.54) is 10.8 Å². The van der Waals surface area contributed by atoms with E-state index in [0.717, 1.165) is 38.4 Å².